The van der Waals surface area contributed by atoms with E-state index in [4.69, 9.17) is 9.31 Å². The lowest BCUT2D eigenvalue weighted by atomic mass is 9.74. The summed E-state index contributed by atoms with van der Waals surface area (Å²) in [5.74, 6) is 0. The normalized spacial score (nSPS) is 15.1. The number of rotatable bonds is 7. The molecule has 27 rings (SSSR count). The topological polar surface area (TPSA) is 105 Å². The van der Waals surface area contributed by atoms with Crippen molar-refractivity contribution in [2.45, 2.75) is 122 Å². The first kappa shape index (κ1) is 93.5. The minimum Gasteiger partial charge on any atom is -0.399 e. The van der Waals surface area contributed by atoms with Crippen LogP contribution < -0.4 is 21.4 Å². The minimum atomic E-state index is -0.446. The Morgan fingerprint density at radius 1 is 0.308 bits per heavy atom. The van der Waals surface area contributed by atoms with Crippen LogP contribution in [0, 0.1) is 26.3 Å². The Labute approximate surface area is 854 Å². The highest BCUT2D eigenvalue weighted by atomic mass is 79.9. The molecule has 7 aliphatic rings. The summed E-state index contributed by atoms with van der Waals surface area (Å²) < 4.78 is 14.3. The van der Waals surface area contributed by atoms with Gasteiger partial charge in [0.15, 0.2) is 0 Å². The molecule has 143 heavy (non-hydrogen) atoms. The van der Waals surface area contributed by atoms with Crippen LogP contribution in [0.2, 0.25) is 0 Å². The van der Waals surface area contributed by atoms with Crippen molar-refractivity contribution >= 4 is 156 Å². The summed E-state index contributed by atoms with van der Waals surface area (Å²) >= 11 is 6.78. The van der Waals surface area contributed by atoms with Gasteiger partial charge in [-0.1, -0.05) is 369 Å². The third-order valence-corrected chi connectivity index (χ3v) is 34.6. The number of nitrogens with zero attached hydrogens (tertiary/aromatic N) is 2. The fourth-order valence-corrected chi connectivity index (χ4v) is 26.0. The van der Waals surface area contributed by atoms with Gasteiger partial charge in [-0.3, -0.25) is 20.2 Å². The van der Waals surface area contributed by atoms with Crippen LogP contribution in [0.1, 0.15) is 150 Å². The summed E-state index contributed by atoms with van der Waals surface area (Å²) in [6, 6.07) is 137. The van der Waals surface area contributed by atoms with Gasteiger partial charge in [0, 0.05) is 43.8 Å². The fourth-order valence-electron chi connectivity index (χ4n) is 22.9. The number of hydrogen-bond donors (Lipinski definition) is 0. The van der Waals surface area contributed by atoms with Crippen LogP contribution in [0.4, 0.5) is 11.4 Å². The SMILES string of the molecule is CC1(C)c2cc(-c3ccc4ccccc4c3[N+](=O)[O-])ccc2-c2cc3ccccc3cc21.CC1(C)c2cc(B3OC(C)(C)C(C)(C)O3)ccc2-c2cc3c(cc21)C=C[C+]=C3.CC1(C)c2cc(Br)ccc2-c2cc3ccccc3cc21.CC1(C)c2cc3ccccc3cc2-c2ccc3c(c21)Cc1c-3ccc2ccccc12.O=[N+]([O-])c1c(Br)ccc2ccccc12.c1ccc(P(c2ccccc2)c2ccccc2)cc1. The highest BCUT2D eigenvalue weighted by Gasteiger charge is 2.53. The van der Waals surface area contributed by atoms with E-state index in [2.05, 4.69) is 443 Å². The van der Waals surface area contributed by atoms with Gasteiger partial charge >= 0.3 is 7.12 Å². The van der Waals surface area contributed by atoms with Gasteiger partial charge < -0.3 is 9.31 Å². The highest BCUT2D eigenvalue weighted by molar-refractivity contribution is 9.10. The first-order valence-electron chi connectivity index (χ1n) is 49.0. The Kier molecular flexibility index (Phi) is 23.9. The van der Waals surface area contributed by atoms with Crippen molar-refractivity contribution in [2.24, 2.45) is 0 Å². The molecule has 1 fully saturated rings. The molecule has 1 aliphatic heterocycles. The van der Waals surface area contributed by atoms with Crippen LogP contribution in [0.5, 0.6) is 0 Å². The molecule has 20 aromatic rings. The van der Waals surface area contributed by atoms with Crippen molar-refractivity contribution < 1.29 is 19.2 Å². The first-order chi connectivity index (χ1) is 68.9. The molecule has 0 atom stereocenters. The largest absolute Gasteiger partial charge is 0.494 e. The van der Waals surface area contributed by atoms with E-state index in [0.717, 1.165) is 32.7 Å². The standard InChI is InChI=1S/C30H22.C29H21NO2.C25H26BO2.C19H15Br.C18H15P.C10H6BrNO2/c1-30(2)28-16-20-9-4-3-8-19(20)15-26(28)24-14-13-23-22-12-11-18-7-5-6-10-21(18)25(22)17-27(23)29(24)30;1-29(2)26-17-21(23-13-11-18-7-5-6-10-22(18)28(23)30(31)32)12-14-24(26)25-15-19-8-3-4-9-20(19)16-27(25)29;1-23(2)21-14-17-10-8-7-9-16(17)13-20(21)19-12-11-18(15-22(19)23)26-27-24(3,4)25(5,6)28-26;1-19(2)17-10-13-6-4-3-5-12(13)9-16(17)15-8-7-14(20)11-18(15)19;1-4-10-16(11-5-1)19(17-12-6-2-7-13-17)18-14-8-3-9-15-18;11-9-6-5-7-3-1-2-4-8(7)10(9)12(13)14/h3-16H,17H2,1-2H3;3-17H,1-2H3;8-15H,1-6H3;3-11H,1-2H3;1-15H;1-6H/q;;+1;;;. The Morgan fingerprint density at radius 2 is 0.671 bits per heavy atom. The monoisotopic (exact) mass is 2000 g/mol. The van der Waals surface area contributed by atoms with E-state index in [0.29, 0.717) is 20.8 Å². The molecule has 0 bridgehead atoms. The second-order valence-electron chi connectivity index (χ2n) is 41.4. The minimum absolute atomic E-state index is 0.0118. The van der Waals surface area contributed by atoms with E-state index >= 15 is 0 Å². The molecule has 0 radical (unpaired) electrons. The number of allylic oxidation sites excluding steroid dienone is 2. The maximum Gasteiger partial charge on any atom is 0.494 e. The fraction of sp³-hybridized carbons (Fsp3) is 0.145. The predicted molar refractivity (Wildman–Crippen MR) is 607 cm³/mol. The van der Waals surface area contributed by atoms with E-state index in [-0.39, 0.29) is 61.2 Å². The van der Waals surface area contributed by atoms with E-state index in [1.54, 1.807) is 18.2 Å². The van der Waals surface area contributed by atoms with Gasteiger partial charge in [0.05, 0.1) is 59.1 Å². The molecule has 0 spiro atoms. The molecule has 6 aliphatic carbocycles. The highest BCUT2D eigenvalue weighted by Crippen LogP contribution is 2.59. The molecule has 1 saturated heterocycles. The average Bonchev–Trinajstić information content (AvgIpc) is 1.53. The van der Waals surface area contributed by atoms with Crippen LogP contribution in [0.15, 0.2) is 403 Å². The van der Waals surface area contributed by atoms with Crippen LogP contribution in [0.25, 0.3) is 144 Å². The number of hydrogen-bond acceptors (Lipinski definition) is 6. The molecule has 0 aromatic heterocycles. The Hall–Kier alpha value is -14.5. The van der Waals surface area contributed by atoms with Crippen molar-refractivity contribution in [1.29, 1.82) is 0 Å². The zero-order valence-electron chi connectivity index (χ0n) is 82.0. The van der Waals surface area contributed by atoms with Gasteiger partial charge in [-0.15, -0.1) is 0 Å². The van der Waals surface area contributed by atoms with Gasteiger partial charge in [0.2, 0.25) is 0 Å². The van der Waals surface area contributed by atoms with E-state index in [1.165, 1.54) is 181 Å². The number of nitro benzene ring substituents is 2. The zero-order valence-corrected chi connectivity index (χ0v) is 86.1. The van der Waals surface area contributed by atoms with Gasteiger partial charge in [-0.05, 0) is 329 Å². The zero-order chi connectivity index (χ0) is 98.9. The molecule has 20 aromatic carbocycles. The summed E-state index contributed by atoms with van der Waals surface area (Å²) in [7, 11) is -0.776. The van der Waals surface area contributed by atoms with E-state index in [9.17, 15) is 20.2 Å². The molecule has 0 unspecified atom stereocenters. The van der Waals surface area contributed by atoms with Crippen LogP contribution >= 0.6 is 39.8 Å². The van der Waals surface area contributed by atoms with Crippen molar-refractivity contribution in [3.8, 4) is 66.8 Å². The van der Waals surface area contributed by atoms with Crippen molar-refractivity contribution in [3.63, 3.8) is 0 Å². The summed E-state index contributed by atoms with van der Waals surface area (Å²) in [6.07, 6.45) is 10.4. The molecule has 0 amide bonds. The summed E-state index contributed by atoms with van der Waals surface area (Å²) in [4.78, 5) is 22.3. The summed E-state index contributed by atoms with van der Waals surface area (Å²) in [5, 5.41) is 40.7. The third kappa shape index (κ3) is 16.5. The molecule has 696 valence electrons. The van der Waals surface area contributed by atoms with Crippen molar-refractivity contribution in [2.75, 3.05) is 0 Å². The molecular formula is C131H105BBr2N2O6P+. The van der Waals surface area contributed by atoms with E-state index in [1.807, 2.05) is 66.7 Å². The molecule has 0 N–H and O–H groups in total. The summed E-state index contributed by atoms with van der Waals surface area (Å²) in [5.41, 5.74) is 32.3. The molecule has 8 nitrogen and oxygen atoms in total. The van der Waals surface area contributed by atoms with Crippen molar-refractivity contribution in [3.05, 3.63) is 496 Å². The number of nitro groups is 2. The van der Waals surface area contributed by atoms with Crippen molar-refractivity contribution in [1.82, 2.24) is 0 Å². The molecule has 0 saturated carbocycles. The van der Waals surface area contributed by atoms with Gasteiger partial charge in [0.1, 0.15) is 12.2 Å². The van der Waals surface area contributed by atoms with Gasteiger partial charge in [-0.25, -0.2) is 0 Å². The third-order valence-electron chi connectivity index (χ3n) is 31.0. The summed E-state index contributed by atoms with van der Waals surface area (Å²) in [6.45, 7) is 27.0. The first-order valence-corrected chi connectivity index (χ1v) is 51.9. The number of halogens is 2. The van der Waals surface area contributed by atoms with E-state index < -0.39 is 7.92 Å². The Bertz CT molecular complexity index is 8570. The molecular weight excluding hydrogens is 1900 g/mol. The smallest absolute Gasteiger partial charge is 0.399 e. The lowest BCUT2D eigenvalue weighted by Gasteiger charge is -2.32. The lowest BCUT2D eigenvalue weighted by Crippen LogP contribution is -2.41. The Morgan fingerprint density at radius 3 is 1.18 bits per heavy atom. The van der Waals surface area contributed by atoms with Crippen LogP contribution in [-0.4, -0.2) is 28.2 Å². The number of fused-ring (bicyclic) bond motifs is 24. The average molecular weight is 2000 g/mol. The van der Waals surface area contributed by atoms with Crippen LogP contribution in [-0.2, 0) is 37.4 Å². The molecule has 1 heterocycles. The maximum absolute atomic E-state index is 12.1. The number of benzene rings is 20. The lowest BCUT2D eigenvalue weighted by molar-refractivity contribution is -0.383. The molecule has 12 heteroatoms. The Balaban J connectivity index is 0.000000100. The second-order valence-corrected chi connectivity index (χ2v) is 45.4. The quantitative estimate of drug-likeness (QED) is 0.0518. The predicted octanol–water partition coefficient (Wildman–Crippen LogP) is 33.7. The van der Waals surface area contributed by atoms with Gasteiger partial charge in [0.25, 0.3) is 11.4 Å². The van der Waals surface area contributed by atoms with Gasteiger partial charge in [-0.2, -0.15) is 0 Å². The maximum atomic E-state index is 12.1. The van der Waals surface area contributed by atoms with Crippen LogP contribution in [0.3, 0.4) is 0 Å². The second kappa shape index (κ2) is 36.5.